The number of halogens is 1. The van der Waals surface area contributed by atoms with E-state index in [1.807, 2.05) is 6.92 Å². The highest BCUT2D eigenvalue weighted by atomic mass is 79.9. The largest absolute Gasteiger partial charge is 0.298 e. The Morgan fingerprint density at radius 3 is 2.57 bits per heavy atom. The van der Waals surface area contributed by atoms with Crippen molar-refractivity contribution in [3.63, 3.8) is 0 Å². The van der Waals surface area contributed by atoms with Crippen LogP contribution in [0.5, 0.6) is 0 Å². The zero-order chi connectivity index (χ0) is 15.8. The topological polar surface area (TPSA) is 102 Å². The molecule has 0 saturated heterocycles. The van der Waals surface area contributed by atoms with Gasteiger partial charge in [0.25, 0.3) is 5.91 Å². The molecule has 3 N–H and O–H groups in total. The van der Waals surface area contributed by atoms with Crippen LogP contribution in [0, 0.1) is 13.8 Å². The number of benzene rings is 1. The number of primary sulfonamides is 1. The number of aryl methyl sites for hydroxylation is 2. The van der Waals surface area contributed by atoms with Gasteiger partial charge in [0, 0.05) is 10.0 Å². The Labute approximate surface area is 134 Å². The van der Waals surface area contributed by atoms with E-state index in [1.165, 1.54) is 6.92 Å². The van der Waals surface area contributed by atoms with E-state index in [2.05, 4.69) is 26.2 Å². The van der Waals surface area contributed by atoms with Crippen LogP contribution in [0.2, 0.25) is 0 Å². The van der Waals surface area contributed by atoms with Crippen LogP contribution >= 0.6 is 27.3 Å². The number of thiazole rings is 1. The Balaban J connectivity index is 2.26. The second kappa shape index (κ2) is 5.84. The number of anilines is 1. The molecule has 0 fully saturated rings. The van der Waals surface area contributed by atoms with Gasteiger partial charge in [-0.2, -0.15) is 0 Å². The molecular formula is C12H12BrN3O3S2. The number of rotatable bonds is 3. The minimum atomic E-state index is -3.83. The van der Waals surface area contributed by atoms with Gasteiger partial charge in [-0.1, -0.05) is 27.3 Å². The van der Waals surface area contributed by atoms with Gasteiger partial charge in [0.2, 0.25) is 10.0 Å². The van der Waals surface area contributed by atoms with Crippen LogP contribution < -0.4 is 10.5 Å². The molecule has 112 valence electrons. The van der Waals surface area contributed by atoms with Crippen molar-refractivity contribution in [3.8, 4) is 0 Å². The van der Waals surface area contributed by atoms with E-state index in [0.29, 0.717) is 5.56 Å². The van der Waals surface area contributed by atoms with Crippen molar-refractivity contribution in [1.29, 1.82) is 0 Å². The number of sulfonamides is 1. The van der Waals surface area contributed by atoms with Gasteiger partial charge in [-0.25, -0.2) is 18.5 Å². The summed E-state index contributed by atoms with van der Waals surface area (Å²) in [7, 11) is -3.83. The average molecular weight is 390 g/mol. The molecule has 2 aromatic rings. The van der Waals surface area contributed by atoms with Crippen LogP contribution in [-0.4, -0.2) is 19.3 Å². The number of nitrogens with zero attached hydrogens (tertiary/aromatic N) is 1. The van der Waals surface area contributed by atoms with Gasteiger partial charge in [-0.05, 0) is 37.6 Å². The fourth-order valence-corrected chi connectivity index (χ4v) is 3.76. The molecule has 1 aromatic carbocycles. The number of amides is 1. The molecule has 9 heteroatoms. The van der Waals surface area contributed by atoms with Gasteiger partial charge in [0.1, 0.15) is 0 Å². The van der Waals surface area contributed by atoms with Crippen LogP contribution in [0.1, 0.15) is 21.6 Å². The predicted molar refractivity (Wildman–Crippen MR) is 85.1 cm³/mol. The molecule has 1 amide bonds. The van der Waals surface area contributed by atoms with Crippen molar-refractivity contribution in [2.24, 2.45) is 5.14 Å². The molecule has 0 atom stereocenters. The van der Waals surface area contributed by atoms with Crippen LogP contribution in [0.4, 0.5) is 5.13 Å². The number of carbonyl (C=O) groups is 1. The summed E-state index contributed by atoms with van der Waals surface area (Å²) in [6.45, 7) is 3.39. The van der Waals surface area contributed by atoms with E-state index in [0.717, 1.165) is 21.4 Å². The Bertz CT molecular complexity index is 815. The van der Waals surface area contributed by atoms with Crippen LogP contribution in [0.15, 0.2) is 26.9 Å². The maximum atomic E-state index is 12.1. The number of aromatic nitrogens is 1. The number of carbonyl (C=O) groups excluding carboxylic acids is 1. The van der Waals surface area contributed by atoms with Gasteiger partial charge in [0.05, 0.1) is 5.69 Å². The van der Waals surface area contributed by atoms with E-state index in [-0.39, 0.29) is 20.9 Å². The molecule has 0 radical (unpaired) electrons. The molecular weight excluding hydrogens is 378 g/mol. The molecule has 0 aliphatic carbocycles. The first-order valence-electron chi connectivity index (χ1n) is 5.76. The summed E-state index contributed by atoms with van der Waals surface area (Å²) >= 11 is 4.19. The van der Waals surface area contributed by atoms with Crippen LogP contribution in [0.25, 0.3) is 0 Å². The molecule has 0 spiro atoms. The summed E-state index contributed by atoms with van der Waals surface area (Å²) in [5.41, 5.74) is 1.65. The first kappa shape index (κ1) is 16.1. The molecule has 1 heterocycles. The predicted octanol–water partition coefficient (Wildman–Crippen LogP) is 2.42. The summed E-state index contributed by atoms with van der Waals surface area (Å²) in [5, 5.41) is 7.84. The van der Waals surface area contributed by atoms with E-state index in [9.17, 15) is 13.2 Å². The van der Waals surface area contributed by atoms with E-state index >= 15 is 0 Å². The van der Waals surface area contributed by atoms with Crippen molar-refractivity contribution in [2.45, 2.75) is 18.1 Å². The van der Waals surface area contributed by atoms with Gasteiger partial charge in [0.15, 0.2) is 9.34 Å². The van der Waals surface area contributed by atoms with E-state index < -0.39 is 10.0 Å². The normalized spacial score (nSPS) is 11.4. The summed E-state index contributed by atoms with van der Waals surface area (Å²) in [6.07, 6.45) is 0. The first-order valence-corrected chi connectivity index (χ1v) is 8.92. The van der Waals surface area contributed by atoms with Gasteiger partial charge in [-0.3, -0.25) is 10.1 Å². The monoisotopic (exact) mass is 389 g/mol. The second-order valence-corrected chi connectivity index (χ2v) is 7.97. The Morgan fingerprint density at radius 2 is 2.05 bits per heavy atom. The lowest BCUT2D eigenvalue weighted by atomic mass is 10.1. The van der Waals surface area contributed by atoms with Crippen molar-refractivity contribution in [2.75, 3.05) is 5.32 Å². The Kier molecular flexibility index (Phi) is 4.47. The van der Waals surface area contributed by atoms with Crippen LogP contribution in [-0.2, 0) is 10.0 Å². The third-order valence-corrected chi connectivity index (χ3v) is 6.17. The maximum Gasteiger partial charge on any atom is 0.257 e. The highest BCUT2D eigenvalue weighted by Gasteiger charge is 2.19. The SMILES string of the molecule is Cc1cc(C(=O)Nc2nc(C)c(S(N)(=O)=O)s2)ccc1Br. The zero-order valence-electron chi connectivity index (χ0n) is 11.2. The van der Waals surface area contributed by atoms with Crippen LogP contribution in [0.3, 0.4) is 0 Å². The van der Waals surface area contributed by atoms with Crippen molar-refractivity contribution < 1.29 is 13.2 Å². The lowest BCUT2D eigenvalue weighted by molar-refractivity contribution is 0.102. The fraction of sp³-hybridized carbons (Fsp3) is 0.167. The van der Waals surface area contributed by atoms with Gasteiger partial charge < -0.3 is 0 Å². The third-order valence-electron chi connectivity index (χ3n) is 2.65. The fourth-order valence-electron chi connectivity index (χ4n) is 1.66. The lowest BCUT2D eigenvalue weighted by Crippen LogP contribution is -2.12. The molecule has 0 saturated carbocycles. The molecule has 0 aliphatic heterocycles. The van der Waals surface area contributed by atoms with Crippen molar-refractivity contribution in [3.05, 3.63) is 39.5 Å². The molecule has 0 aliphatic rings. The average Bonchev–Trinajstić information content (AvgIpc) is 2.73. The van der Waals surface area contributed by atoms with Crippen molar-refractivity contribution in [1.82, 2.24) is 4.98 Å². The third kappa shape index (κ3) is 3.67. The number of hydrogen-bond acceptors (Lipinski definition) is 5. The van der Waals surface area contributed by atoms with E-state index in [4.69, 9.17) is 5.14 Å². The zero-order valence-corrected chi connectivity index (χ0v) is 14.4. The quantitative estimate of drug-likeness (QED) is 0.840. The minimum absolute atomic E-state index is 0.0511. The minimum Gasteiger partial charge on any atom is -0.298 e. The van der Waals surface area contributed by atoms with Gasteiger partial charge >= 0.3 is 0 Å². The highest BCUT2D eigenvalue weighted by Crippen LogP contribution is 2.26. The second-order valence-electron chi connectivity index (χ2n) is 4.35. The molecule has 21 heavy (non-hydrogen) atoms. The van der Waals surface area contributed by atoms with E-state index in [1.54, 1.807) is 18.2 Å². The Hall–Kier alpha value is -1.29. The molecule has 0 bridgehead atoms. The van der Waals surface area contributed by atoms with Crippen molar-refractivity contribution >= 4 is 48.3 Å². The summed E-state index contributed by atoms with van der Waals surface area (Å²) in [4.78, 5) is 16.1. The van der Waals surface area contributed by atoms with Gasteiger partial charge in [-0.15, -0.1) is 0 Å². The first-order chi connectivity index (χ1) is 9.68. The summed E-state index contributed by atoms with van der Waals surface area (Å²) in [5.74, 6) is -0.361. The highest BCUT2D eigenvalue weighted by molar-refractivity contribution is 9.10. The summed E-state index contributed by atoms with van der Waals surface area (Å²) in [6, 6.07) is 5.15. The molecule has 6 nitrogen and oxygen atoms in total. The molecule has 2 rings (SSSR count). The summed E-state index contributed by atoms with van der Waals surface area (Å²) < 4.78 is 23.5. The number of nitrogens with one attached hydrogen (secondary N) is 1. The Morgan fingerprint density at radius 1 is 1.38 bits per heavy atom. The smallest absolute Gasteiger partial charge is 0.257 e. The lowest BCUT2D eigenvalue weighted by Gasteiger charge is -2.04. The standard InChI is InChI=1S/C12H12BrN3O3S2/c1-6-5-8(3-4-9(6)13)10(17)16-12-15-7(2)11(20-12)21(14,18)19/h3-5H,1-2H3,(H2,14,18,19)(H,15,16,17). The molecule has 0 unspecified atom stereocenters. The molecule has 1 aromatic heterocycles. The number of hydrogen-bond donors (Lipinski definition) is 2. The maximum absolute atomic E-state index is 12.1. The number of nitrogens with two attached hydrogens (primary N) is 1.